The molecule has 0 spiro atoms. The Morgan fingerprint density at radius 3 is 2.60 bits per heavy atom. The molecule has 0 amide bonds. The second-order valence-electron chi connectivity index (χ2n) is 5.47. The fourth-order valence-electron chi connectivity index (χ4n) is 1.98. The summed E-state index contributed by atoms with van der Waals surface area (Å²) in [4.78, 5) is 26.0. The first-order valence-electron chi connectivity index (χ1n) is 6.72. The van der Waals surface area contributed by atoms with E-state index < -0.39 is 16.8 Å². The van der Waals surface area contributed by atoms with Crippen molar-refractivity contribution in [2.24, 2.45) is 0 Å². The number of anilines is 2. The third-order valence-corrected chi connectivity index (χ3v) is 2.94. The summed E-state index contributed by atoms with van der Waals surface area (Å²) in [5, 5.41) is 3.05. The number of nitrogens with zero attached hydrogens (tertiary/aromatic N) is 1. The van der Waals surface area contributed by atoms with Crippen LogP contribution in [0.15, 0.2) is 9.59 Å². The molecule has 7 heteroatoms. The summed E-state index contributed by atoms with van der Waals surface area (Å²) in [5.41, 5.74) is 4.72. The fourth-order valence-corrected chi connectivity index (χ4v) is 1.98. The number of methoxy groups -OCH3 is 1. The summed E-state index contributed by atoms with van der Waals surface area (Å²) in [6.45, 7) is 6.68. The lowest BCUT2D eigenvalue weighted by Crippen LogP contribution is -2.41. The largest absolute Gasteiger partial charge is 0.383 e. The Kier molecular flexibility index (Phi) is 5.38. The van der Waals surface area contributed by atoms with E-state index in [-0.39, 0.29) is 11.5 Å². The van der Waals surface area contributed by atoms with Gasteiger partial charge >= 0.3 is 5.69 Å². The molecule has 0 atom stereocenters. The Morgan fingerprint density at radius 2 is 2.05 bits per heavy atom. The van der Waals surface area contributed by atoms with Gasteiger partial charge in [0.2, 0.25) is 0 Å². The van der Waals surface area contributed by atoms with Crippen LogP contribution >= 0.6 is 0 Å². The molecule has 0 saturated carbocycles. The van der Waals surface area contributed by atoms with E-state index in [1.807, 2.05) is 20.8 Å². The Hall–Kier alpha value is -1.76. The van der Waals surface area contributed by atoms with Crippen LogP contribution in [0.5, 0.6) is 0 Å². The van der Waals surface area contributed by atoms with Crippen molar-refractivity contribution in [2.45, 2.75) is 45.7 Å². The van der Waals surface area contributed by atoms with Gasteiger partial charge in [-0.15, -0.1) is 0 Å². The molecule has 114 valence electrons. The fraction of sp³-hybridized carbons (Fsp3) is 0.692. The summed E-state index contributed by atoms with van der Waals surface area (Å²) in [6.07, 6.45) is 1.75. The van der Waals surface area contributed by atoms with Crippen LogP contribution in [-0.4, -0.2) is 28.8 Å². The minimum absolute atomic E-state index is 0.163. The van der Waals surface area contributed by atoms with E-state index in [1.165, 1.54) is 4.57 Å². The highest BCUT2D eigenvalue weighted by molar-refractivity contribution is 5.61. The molecule has 20 heavy (non-hydrogen) atoms. The first-order chi connectivity index (χ1) is 9.32. The number of rotatable bonds is 7. The number of hydrogen-bond acceptors (Lipinski definition) is 5. The molecule has 4 N–H and O–H groups in total. The minimum atomic E-state index is -0.510. The Bertz CT molecular complexity index is 560. The molecule has 0 aliphatic carbocycles. The number of H-pyrrole nitrogens is 1. The Morgan fingerprint density at radius 1 is 1.40 bits per heavy atom. The van der Waals surface area contributed by atoms with Crippen molar-refractivity contribution < 1.29 is 4.74 Å². The summed E-state index contributed by atoms with van der Waals surface area (Å²) < 4.78 is 6.48. The van der Waals surface area contributed by atoms with Crippen molar-refractivity contribution in [1.29, 1.82) is 0 Å². The van der Waals surface area contributed by atoms with Crippen molar-refractivity contribution >= 4 is 11.5 Å². The Balaban J connectivity index is 3.20. The zero-order valence-electron chi connectivity index (χ0n) is 12.6. The number of nitrogens with one attached hydrogen (secondary N) is 2. The average molecular weight is 284 g/mol. The maximum absolute atomic E-state index is 11.9. The van der Waals surface area contributed by atoms with Crippen molar-refractivity contribution in [1.82, 2.24) is 9.55 Å². The van der Waals surface area contributed by atoms with Gasteiger partial charge in [0.25, 0.3) is 5.56 Å². The van der Waals surface area contributed by atoms with Gasteiger partial charge in [-0.1, -0.05) is 13.3 Å². The van der Waals surface area contributed by atoms with Gasteiger partial charge in [0.1, 0.15) is 11.5 Å². The maximum Gasteiger partial charge on any atom is 0.330 e. The molecule has 1 aromatic heterocycles. The first kappa shape index (κ1) is 16.3. The molecule has 7 nitrogen and oxygen atoms in total. The molecule has 0 aromatic carbocycles. The lowest BCUT2D eigenvalue weighted by Gasteiger charge is -2.27. The predicted octanol–water partition coefficient (Wildman–Crippen LogP) is 0.756. The third kappa shape index (κ3) is 3.86. The molecule has 0 aliphatic rings. The number of aromatic nitrogens is 2. The number of nitrogens with two attached hydrogens (primary N) is 1. The summed E-state index contributed by atoms with van der Waals surface area (Å²) in [5.74, 6) is 0.163. The van der Waals surface area contributed by atoms with Gasteiger partial charge in [-0.05, 0) is 20.3 Å². The number of ether oxygens (including phenoxy) is 1. The highest BCUT2D eigenvalue weighted by Gasteiger charge is 2.22. The highest BCUT2D eigenvalue weighted by atomic mass is 16.5. The summed E-state index contributed by atoms with van der Waals surface area (Å²) in [6, 6.07) is 0. The monoisotopic (exact) mass is 284 g/mol. The molecule has 0 fully saturated rings. The molecule has 0 unspecified atom stereocenters. The van der Waals surface area contributed by atoms with Gasteiger partial charge < -0.3 is 15.8 Å². The number of hydrogen-bond donors (Lipinski definition) is 3. The van der Waals surface area contributed by atoms with Crippen molar-refractivity contribution in [3.8, 4) is 0 Å². The Labute approximate surface area is 118 Å². The van der Waals surface area contributed by atoms with Crippen LogP contribution in [0.1, 0.15) is 33.6 Å². The van der Waals surface area contributed by atoms with Gasteiger partial charge in [0, 0.05) is 13.7 Å². The zero-order chi connectivity index (χ0) is 15.3. The topological polar surface area (TPSA) is 102 Å². The molecule has 1 rings (SSSR count). The quantitative estimate of drug-likeness (QED) is 0.686. The molecule has 0 bridgehead atoms. The standard InChI is InChI=1S/C13H24N4O3/c1-5-6-7-17-10(14)9(11(18)15-12(17)19)16-13(2,3)8-20-4/h16H,5-8,14H2,1-4H3,(H,15,18,19). The normalized spacial score (nSPS) is 11.6. The van der Waals surface area contributed by atoms with Gasteiger partial charge in [0.05, 0.1) is 12.1 Å². The van der Waals surface area contributed by atoms with Crippen LogP contribution in [0.2, 0.25) is 0 Å². The molecular weight excluding hydrogens is 260 g/mol. The first-order valence-corrected chi connectivity index (χ1v) is 6.72. The second-order valence-corrected chi connectivity index (χ2v) is 5.47. The van der Waals surface area contributed by atoms with Crippen molar-refractivity contribution in [3.63, 3.8) is 0 Å². The maximum atomic E-state index is 11.9. The smallest absolute Gasteiger partial charge is 0.330 e. The van der Waals surface area contributed by atoms with E-state index in [4.69, 9.17) is 10.5 Å². The molecular formula is C13H24N4O3. The van der Waals surface area contributed by atoms with Crippen LogP contribution in [-0.2, 0) is 11.3 Å². The lowest BCUT2D eigenvalue weighted by molar-refractivity contribution is 0.158. The zero-order valence-corrected chi connectivity index (χ0v) is 12.6. The van der Waals surface area contributed by atoms with E-state index in [0.29, 0.717) is 13.2 Å². The summed E-state index contributed by atoms with van der Waals surface area (Å²) >= 11 is 0. The van der Waals surface area contributed by atoms with Crippen LogP contribution in [0, 0.1) is 0 Å². The van der Waals surface area contributed by atoms with E-state index >= 15 is 0 Å². The molecule has 1 heterocycles. The van der Waals surface area contributed by atoms with E-state index in [1.54, 1.807) is 7.11 Å². The number of unbranched alkanes of at least 4 members (excludes halogenated alkanes) is 1. The van der Waals surface area contributed by atoms with Gasteiger partial charge in [-0.3, -0.25) is 14.3 Å². The minimum Gasteiger partial charge on any atom is -0.383 e. The molecule has 0 aliphatic heterocycles. The number of nitrogen functional groups attached to an aromatic ring is 1. The van der Waals surface area contributed by atoms with Crippen LogP contribution in [0.25, 0.3) is 0 Å². The van der Waals surface area contributed by atoms with Crippen molar-refractivity contribution in [2.75, 3.05) is 24.8 Å². The highest BCUT2D eigenvalue weighted by Crippen LogP contribution is 2.17. The molecule has 0 radical (unpaired) electrons. The van der Waals surface area contributed by atoms with E-state index in [2.05, 4.69) is 10.3 Å². The van der Waals surface area contributed by atoms with Crippen molar-refractivity contribution in [3.05, 3.63) is 20.8 Å². The van der Waals surface area contributed by atoms with Gasteiger partial charge in [-0.25, -0.2) is 4.79 Å². The second kappa shape index (κ2) is 6.60. The van der Waals surface area contributed by atoms with E-state index in [0.717, 1.165) is 12.8 Å². The third-order valence-electron chi connectivity index (χ3n) is 2.94. The average Bonchev–Trinajstić information content (AvgIpc) is 2.34. The van der Waals surface area contributed by atoms with Gasteiger partial charge in [-0.2, -0.15) is 0 Å². The predicted molar refractivity (Wildman–Crippen MR) is 80.2 cm³/mol. The molecule has 1 aromatic rings. The van der Waals surface area contributed by atoms with E-state index in [9.17, 15) is 9.59 Å². The van der Waals surface area contributed by atoms with Crippen LogP contribution < -0.4 is 22.3 Å². The molecule has 0 saturated heterocycles. The summed E-state index contributed by atoms with van der Waals surface area (Å²) in [7, 11) is 1.58. The lowest BCUT2D eigenvalue weighted by atomic mass is 10.1. The number of aromatic amines is 1. The van der Waals surface area contributed by atoms with Crippen LogP contribution in [0.3, 0.4) is 0 Å². The van der Waals surface area contributed by atoms with Crippen LogP contribution in [0.4, 0.5) is 11.5 Å². The van der Waals surface area contributed by atoms with Gasteiger partial charge in [0.15, 0.2) is 0 Å². The SMILES string of the molecule is CCCCn1c(N)c(NC(C)(C)COC)c(=O)[nH]c1=O.